The van der Waals surface area contributed by atoms with Gasteiger partial charge in [0, 0.05) is 0 Å². The minimum absolute atomic E-state index is 1.02. The molecule has 200 valence electrons. The second-order valence-corrected chi connectivity index (χ2v) is 16.6. The Hall–Kier alpha value is 0.217. The monoisotopic (exact) mass is 481 g/mol. The Morgan fingerprint density at radius 1 is 0.242 bits per heavy atom. The Bertz CT molecular complexity index is 316. The summed E-state index contributed by atoms with van der Waals surface area (Å²) in [6, 6.07) is 6.64. The third-order valence-electron chi connectivity index (χ3n) is 8.24. The van der Waals surface area contributed by atoms with Crippen LogP contribution in [0.1, 0.15) is 182 Å². The first-order valence-electron chi connectivity index (χ1n) is 16.2. The van der Waals surface area contributed by atoms with Crippen LogP contribution in [0.5, 0.6) is 0 Å². The molecule has 0 unspecified atom stereocenters. The molecule has 0 amide bonds. The van der Waals surface area contributed by atoms with Crippen molar-refractivity contribution in [3.63, 3.8) is 0 Å². The molecule has 0 saturated carbocycles. The van der Waals surface area contributed by atoms with E-state index >= 15 is 0 Å². The van der Waals surface area contributed by atoms with Crippen molar-refractivity contribution in [2.45, 2.75) is 206 Å². The van der Waals surface area contributed by atoms with E-state index in [2.05, 4.69) is 27.7 Å². The fourth-order valence-corrected chi connectivity index (χ4v) is 11.5. The minimum Gasteiger partial charge on any atom is -0.0654 e. The summed E-state index contributed by atoms with van der Waals surface area (Å²) in [5.41, 5.74) is 0. The topological polar surface area (TPSA) is 0 Å². The minimum atomic E-state index is -1.02. The average Bonchev–Trinajstić information content (AvgIpc) is 2.83. The predicted molar refractivity (Wildman–Crippen MR) is 158 cm³/mol. The van der Waals surface area contributed by atoms with Gasteiger partial charge in [-0.15, -0.1) is 0 Å². The first kappa shape index (κ1) is 33.2. The molecule has 0 aliphatic rings. The predicted octanol–water partition coefficient (Wildman–Crippen LogP) is 12.9. The molecule has 0 bridgehead atoms. The highest BCUT2D eigenvalue weighted by molar-refractivity contribution is 6.79. The molecule has 0 aromatic heterocycles. The van der Waals surface area contributed by atoms with Crippen molar-refractivity contribution in [1.82, 2.24) is 0 Å². The summed E-state index contributed by atoms with van der Waals surface area (Å²) in [7, 11) is -1.02. The Labute approximate surface area is 213 Å². The molecule has 0 atom stereocenters. The highest BCUT2D eigenvalue weighted by atomic mass is 28.3. The van der Waals surface area contributed by atoms with Crippen molar-refractivity contribution in [2.75, 3.05) is 0 Å². The molecule has 0 N–H and O–H groups in total. The van der Waals surface area contributed by atoms with Crippen molar-refractivity contribution in [3.05, 3.63) is 0 Å². The molecule has 0 heterocycles. The van der Waals surface area contributed by atoms with E-state index < -0.39 is 8.07 Å². The van der Waals surface area contributed by atoms with Crippen molar-refractivity contribution in [1.29, 1.82) is 0 Å². The van der Waals surface area contributed by atoms with Crippen molar-refractivity contribution >= 4 is 8.07 Å². The lowest BCUT2D eigenvalue weighted by molar-refractivity contribution is 0.558. The average molecular weight is 481 g/mol. The van der Waals surface area contributed by atoms with Crippen molar-refractivity contribution < 1.29 is 0 Å². The van der Waals surface area contributed by atoms with Crippen LogP contribution in [-0.2, 0) is 0 Å². The molecule has 0 spiro atoms. The Morgan fingerprint density at radius 3 is 0.727 bits per heavy atom. The molecule has 0 aliphatic carbocycles. The lowest BCUT2D eigenvalue weighted by atomic mass is 10.1. The summed E-state index contributed by atoms with van der Waals surface area (Å²) < 4.78 is 0. The highest BCUT2D eigenvalue weighted by Crippen LogP contribution is 2.34. The zero-order valence-corrected chi connectivity index (χ0v) is 25.3. The molecule has 0 nitrogen and oxygen atoms in total. The number of hydrogen-bond donors (Lipinski definition) is 0. The molecule has 33 heavy (non-hydrogen) atoms. The lowest BCUT2D eigenvalue weighted by Crippen LogP contribution is -2.33. The SMILES string of the molecule is CCCCCCCCCCCC[Si](CCCC)(CCCC)CCCCCCCCCCCC. The van der Waals surface area contributed by atoms with Gasteiger partial charge >= 0.3 is 0 Å². The fourth-order valence-electron chi connectivity index (χ4n) is 5.83. The van der Waals surface area contributed by atoms with Crippen LogP contribution >= 0.6 is 0 Å². The molecule has 0 aromatic rings. The van der Waals surface area contributed by atoms with Gasteiger partial charge < -0.3 is 0 Å². The van der Waals surface area contributed by atoms with Gasteiger partial charge in [0.2, 0.25) is 0 Å². The quantitative estimate of drug-likeness (QED) is 0.0771. The third-order valence-corrected chi connectivity index (χ3v) is 13.9. The lowest BCUT2D eigenvalue weighted by Gasteiger charge is -2.33. The van der Waals surface area contributed by atoms with E-state index in [4.69, 9.17) is 0 Å². The Kier molecular flexibility index (Phi) is 27.0. The van der Waals surface area contributed by atoms with Gasteiger partial charge in [0.05, 0.1) is 8.07 Å². The molecule has 0 aromatic carbocycles. The molecule has 0 rings (SSSR count). The number of hydrogen-bond acceptors (Lipinski definition) is 0. The van der Waals surface area contributed by atoms with E-state index in [9.17, 15) is 0 Å². The van der Waals surface area contributed by atoms with Gasteiger partial charge in [-0.2, -0.15) is 0 Å². The summed E-state index contributed by atoms with van der Waals surface area (Å²) in [4.78, 5) is 0. The van der Waals surface area contributed by atoms with Gasteiger partial charge in [-0.1, -0.05) is 206 Å². The van der Waals surface area contributed by atoms with Crippen LogP contribution in [0.25, 0.3) is 0 Å². The van der Waals surface area contributed by atoms with E-state index in [0.717, 1.165) is 0 Å². The van der Waals surface area contributed by atoms with Crippen LogP contribution in [0.3, 0.4) is 0 Å². The summed E-state index contributed by atoms with van der Waals surface area (Å²) in [6.45, 7) is 9.47. The summed E-state index contributed by atoms with van der Waals surface area (Å²) in [5, 5.41) is 0. The summed E-state index contributed by atoms with van der Waals surface area (Å²) in [6.07, 6.45) is 35.6. The first-order valence-corrected chi connectivity index (χ1v) is 19.1. The van der Waals surface area contributed by atoms with Gasteiger partial charge in [0.25, 0.3) is 0 Å². The molecule has 0 fully saturated rings. The van der Waals surface area contributed by atoms with E-state index in [-0.39, 0.29) is 0 Å². The second kappa shape index (κ2) is 26.8. The maximum absolute atomic E-state index is 2.42. The normalized spacial score (nSPS) is 12.0. The highest BCUT2D eigenvalue weighted by Gasteiger charge is 2.30. The number of rotatable bonds is 28. The second-order valence-electron chi connectivity index (χ2n) is 11.6. The summed E-state index contributed by atoms with van der Waals surface area (Å²) >= 11 is 0. The zero-order chi connectivity index (χ0) is 24.3. The van der Waals surface area contributed by atoms with Crippen LogP contribution in [0.4, 0.5) is 0 Å². The van der Waals surface area contributed by atoms with Crippen LogP contribution in [-0.4, -0.2) is 8.07 Å². The van der Waals surface area contributed by atoms with Crippen molar-refractivity contribution in [3.8, 4) is 0 Å². The summed E-state index contributed by atoms with van der Waals surface area (Å²) in [5.74, 6) is 0. The zero-order valence-electron chi connectivity index (χ0n) is 24.3. The molecule has 0 aliphatic heterocycles. The van der Waals surface area contributed by atoms with Gasteiger partial charge in [0.15, 0.2) is 0 Å². The molecular formula is C32H68Si. The Morgan fingerprint density at radius 2 is 0.455 bits per heavy atom. The van der Waals surface area contributed by atoms with E-state index in [1.165, 1.54) is 141 Å². The molecule has 0 saturated heterocycles. The van der Waals surface area contributed by atoms with E-state index in [0.29, 0.717) is 0 Å². The first-order chi connectivity index (χ1) is 16.2. The fraction of sp³-hybridized carbons (Fsp3) is 1.00. The van der Waals surface area contributed by atoms with Gasteiger partial charge in [-0.05, 0) is 0 Å². The maximum Gasteiger partial charge on any atom is 0.0535 e. The van der Waals surface area contributed by atoms with Gasteiger partial charge in [0.1, 0.15) is 0 Å². The van der Waals surface area contributed by atoms with E-state index in [1.54, 1.807) is 37.0 Å². The largest absolute Gasteiger partial charge is 0.0654 e. The van der Waals surface area contributed by atoms with Crippen LogP contribution in [0.2, 0.25) is 24.2 Å². The van der Waals surface area contributed by atoms with Crippen LogP contribution in [0, 0.1) is 0 Å². The molecule has 0 radical (unpaired) electrons. The number of unbranched alkanes of at least 4 members (excludes halogenated alkanes) is 20. The van der Waals surface area contributed by atoms with Crippen LogP contribution in [0.15, 0.2) is 0 Å². The van der Waals surface area contributed by atoms with Gasteiger partial charge in [-0.25, -0.2) is 0 Å². The Balaban J connectivity index is 4.15. The smallest absolute Gasteiger partial charge is 0.0535 e. The van der Waals surface area contributed by atoms with Crippen molar-refractivity contribution in [2.24, 2.45) is 0 Å². The molecular weight excluding hydrogens is 412 g/mol. The van der Waals surface area contributed by atoms with Gasteiger partial charge in [-0.3, -0.25) is 0 Å². The maximum atomic E-state index is 2.42. The third kappa shape index (κ3) is 22.4. The van der Waals surface area contributed by atoms with E-state index in [1.807, 2.05) is 0 Å². The molecule has 1 heteroatoms. The van der Waals surface area contributed by atoms with Crippen LogP contribution < -0.4 is 0 Å². The standard InChI is InChI=1S/C32H68Si/c1-5-9-13-15-17-19-21-23-25-27-31-33(29-11-7-3,30-12-8-4)32-28-26-24-22-20-18-16-14-10-6-2/h5-32H2,1-4H3.